The monoisotopic (exact) mass is 480 g/mol. The second-order valence-corrected chi connectivity index (χ2v) is 8.69. The SMILES string of the molecule is CC(Sc1nnc(Cc2ccccc2)n1-c1ccccc1)C(=O)Nc1ccc(OC(F)F)cc1. The molecule has 0 bridgehead atoms. The fourth-order valence-corrected chi connectivity index (χ4v) is 4.17. The van der Waals surface area contributed by atoms with Crippen LogP contribution in [-0.2, 0) is 11.2 Å². The molecule has 0 fully saturated rings. The van der Waals surface area contributed by atoms with Gasteiger partial charge < -0.3 is 10.1 Å². The van der Waals surface area contributed by atoms with Crippen molar-refractivity contribution in [1.82, 2.24) is 14.8 Å². The lowest BCUT2D eigenvalue weighted by Gasteiger charge is -2.14. The molecular weight excluding hydrogens is 458 g/mol. The number of thioether (sulfide) groups is 1. The van der Waals surface area contributed by atoms with Crippen molar-refractivity contribution in [3.8, 4) is 11.4 Å². The Labute approximate surface area is 200 Å². The van der Waals surface area contributed by atoms with Gasteiger partial charge in [-0.3, -0.25) is 9.36 Å². The van der Waals surface area contributed by atoms with Gasteiger partial charge in [-0.15, -0.1) is 10.2 Å². The van der Waals surface area contributed by atoms with Crippen molar-refractivity contribution in [3.05, 3.63) is 96.3 Å². The van der Waals surface area contributed by atoms with Gasteiger partial charge in [0.2, 0.25) is 5.91 Å². The van der Waals surface area contributed by atoms with Crippen LogP contribution in [0.3, 0.4) is 0 Å². The van der Waals surface area contributed by atoms with E-state index in [1.165, 1.54) is 36.0 Å². The zero-order valence-electron chi connectivity index (χ0n) is 18.3. The number of anilines is 1. The first-order valence-electron chi connectivity index (χ1n) is 10.6. The Hall–Kier alpha value is -3.72. The summed E-state index contributed by atoms with van der Waals surface area (Å²) in [6, 6.07) is 25.5. The Kier molecular flexibility index (Phi) is 7.54. The van der Waals surface area contributed by atoms with E-state index < -0.39 is 11.9 Å². The smallest absolute Gasteiger partial charge is 0.387 e. The number of para-hydroxylation sites is 1. The minimum atomic E-state index is -2.90. The van der Waals surface area contributed by atoms with Crippen molar-refractivity contribution < 1.29 is 18.3 Å². The normalized spacial score (nSPS) is 11.9. The summed E-state index contributed by atoms with van der Waals surface area (Å²) in [7, 11) is 0. The van der Waals surface area contributed by atoms with Gasteiger partial charge in [0.1, 0.15) is 11.6 Å². The molecule has 0 spiro atoms. The Balaban J connectivity index is 1.50. The molecule has 4 aromatic rings. The van der Waals surface area contributed by atoms with Crippen LogP contribution < -0.4 is 10.1 Å². The summed E-state index contributed by atoms with van der Waals surface area (Å²) in [6.45, 7) is -1.12. The summed E-state index contributed by atoms with van der Waals surface area (Å²) >= 11 is 1.29. The molecule has 1 heterocycles. The lowest BCUT2D eigenvalue weighted by Crippen LogP contribution is -2.23. The zero-order valence-corrected chi connectivity index (χ0v) is 19.1. The molecule has 34 heavy (non-hydrogen) atoms. The van der Waals surface area contributed by atoms with Crippen molar-refractivity contribution in [1.29, 1.82) is 0 Å². The molecule has 1 aromatic heterocycles. The molecule has 0 aliphatic rings. The van der Waals surface area contributed by atoms with Crippen LogP contribution in [-0.4, -0.2) is 32.5 Å². The summed E-state index contributed by atoms with van der Waals surface area (Å²) in [5, 5.41) is 11.7. The molecule has 0 aliphatic carbocycles. The minimum Gasteiger partial charge on any atom is -0.435 e. The maximum Gasteiger partial charge on any atom is 0.387 e. The number of nitrogens with zero attached hydrogens (tertiary/aromatic N) is 3. The Bertz CT molecular complexity index is 1220. The van der Waals surface area contributed by atoms with Crippen LogP contribution >= 0.6 is 11.8 Å². The number of halogens is 2. The number of alkyl halides is 2. The first kappa shape index (κ1) is 23.4. The van der Waals surface area contributed by atoms with Crippen LogP contribution in [0.15, 0.2) is 90.1 Å². The molecule has 1 unspecified atom stereocenters. The van der Waals surface area contributed by atoms with Crippen LogP contribution in [0.2, 0.25) is 0 Å². The Morgan fingerprint density at radius 1 is 0.971 bits per heavy atom. The number of hydrogen-bond acceptors (Lipinski definition) is 5. The highest BCUT2D eigenvalue weighted by atomic mass is 32.2. The fourth-order valence-electron chi connectivity index (χ4n) is 3.28. The van der Waals surface area contributed by atoms with Gasteiger partial charge in [-0.05, 0) is 48.9 Å². The average Bonchev–Trinajstić information content (AvgIpc) is 3.23. The first-order valence-corrected chi connectivity index (χ1v) is 11.4. The lowest BCUT2D eigenvalue weighted by molar-refractivity contribution is -0.115. The van der Waals surface area contributed by atoms with Crippen LogP contribution in [0.4, 0.5) is 14.5 Å². The number of rotatable bonds is 9. The first-order chi connectivity index (χ1) is 16.5. The fraction of sp³-hybridized carbons (Fsp3) is 0.160. The van der Waals surface area contributed by atoms with Crippen molar-refractivity contribution >= 4 is 23.4 Å². The van der Waals surface area contributed by atoms with E-state index in [-0.39, 0.29) is 11.7 Å². The van der Waals surface area contributed by atoms with Gasteiger partial charge in [0, 0.05) is 17.8 Å². The molecule has 9 heteroatoms. The molecular formula is C25H22F2N4O2S. The van der Waals surface area contributed by atoms with Crippen LogP contribution in [0.5, 0.6) is 5.75 Å². The highest BCUT2D eigenvalue weighted by molar-refractivity contribution is 8.00. The molecule has 1 N–H and O–H groups in total. The molecule has 0 radical (unpaired) electrons. The number of carbonyl (C=O) groups excluding carboxylic acids is 1. The number of carbonyl (C=O) groups is 1. The van der Waals surface area contributed by atoms with E-state index in [0.29, 0.717) is 17.3 Å². The maximum absolute atomic E-state index is 12.8. The Morgan fingerprint density at radius 3 is 2.26 bits per heavy atom. The van der Waals surface area contributed by atoms with Crippen molar-refractivity contribution in [2.75, 3.05) is 5.32 Å². The number of aromatic nitrogens is 3. The summed E-state index contributed by atoms with van der Waals surface area (Å²) in [5.74, 6) is 0.541. The molecule has 0 saturated heterocycles. The van der Waals surface area contributed by atoms with E-state index in [2.05, 4.69) is 20.3 Å². The predicted octanol–water partition coefficient (Wildman–Crippen LogP) is 5.58. The Morgan fingerprint density at radius 2 is 1.62 bits per heavy atom. The number of nitrogens with one attached hydrogen (secondary N) is 1. The minimum absolute atomic E-state index is 0.0253. The van der Waals surface area contributed by atoms with Gasteiger partial charge in [-0.25, -0.2) is 0 Å². The highest BCUT2D eigenvalue weighted by Crippen LogP contribution is 2.28. The molecule has 1 atom stereocenters. The predicted molar refractivity (Wildman–Crippen MR) is 128 cm³/mol. The third-order valence-corrected chi connectivity index (χ3v) is 5.96. The molecule has 1 amide bonds. The van der Waals surface area contributed by atoms with Gasteiger partial charge in [0.25, 0.3) is 0 Å². The van der Waals surface area contributed by atoms with Crippen molar-refractivity contribution in [2.45, 2.75) is 30.4 Å². The van der Waals surface area contributed by atoms with Gasteiger partial charge >= 0.3 is 6.61 Å². The third kappa shape index (κ3) is 5.99. The second kappa shape index (κ2) is 10.9. The zero-order chi connectivity index (χ0) is 23.9. The van der Waals surface area contributed by atoms with Gasteiger partial charge in [-0.1, -0.05) is 60.3 Å². The molecule has 6 nitrogen and oxygen atoms in total. The average molecular weight is 481 g/mol. The lowest BCUT2D eigenvalue weighted by atomic mass is 10.1. The van der Waals surface area contributed by atoms with Gasteiger partial charge in [0.15, 0.2) is 5.16 Å². The number of hydrogen-bond donors (Lipinski definition) is 1. The molecule has 0 aliphatic heterocycles. The molecule has 174 valence electrons. The topological polar surface area (TPSA) is 69.0 Å². The number of amides is 1. The van der Waals surface area contributed by atoms with E-state index in [9.17, 15) is 13.6 Å². The van der Waals surface area contributed by atoms with E-state index >= 15 is 0 Å². The summed E-state index contributed by atoms with van der Waals surface area (Å²) < 4.78 is 30.9. The summed E-state index contributed by atoms with van der Waals surface area (Å²) in [6.07, 6.45) is 0.594. The number of benzene rings is 3. The number of ether oxygens (including phenoxy) is 1. The van der Waals surface area contributed by atoms with E-state index in [0.717, 1.165) is 17.1 Å². The van der Waals surface area contributed by atoms with Crippen LogP contribution in [0.1, 0.15) is 18.3 Å². The molecule has 0 saturated carbocycles. The molecule has 4 rings (SSSR count). The van der Waals surface area contributed by atoms with Crippen LogP contribution in [0.25, 0.3) is 5.69 Å². The van der Waals surface area contributed by atoms with Crippen LogP contribution in [0, 0.1) is 0 Å². The largest absolute Gasteiger partial charge is 0.435 e. The van der Waals surface area contributed by atoms with E-state index in [4.69, 9.17) is 0 Å². The van der Waals surface area contributed by atoms with E-state index in [1.54, 1.807) is 6.92 Å². The highest BCUT2D eigenvalue weighted by Gasteiger charge is 2.21. The quantitative estimate of drug-likeness (QED) is 0.317. The van der Waals surface area contributed by atoms with Gasteiger partial charge in [-0.2, -0.15) is 8.78 Å². The van der Waals surface area contributed by atoms with Crippen molar-refractivity contribution in [2.24, 2.45) is 0 Å². The van der Waals surface area contributed by atoms with Crippen molar-refractivity contribution in [3.63, 3.8) is 0 Å². The molecule has 3 aromatic carbocycles. The summed E-state index contributed by atoms with van der Waals surface area (Å²) in [5.41, 5.74) is 2.49. The van der Waals surface area contributed by atoms with Gasteiger partial charge in [0.05, 0.1) is 5.25 Å². The summed E-state index contributed by atoms with van der Waals surface area (Å²) in [4.78, 5) is 12.8. The third-order valence-electron chi connectivity index (χ3n) is 4.92. The standard InChI is InChI=1S/C25H22F2N4O2S/c1-17(23(32)28-19-12-14-21(15-13-19)33-24(26)27)34-25-30-29-22(16-18-8-4-2-5-9-18)31(25)20-10-6-3-7-11-20/h2-15,17,24H,16H2,1H3,(H,28,32). The van der Waals surface area contributed by atoms with E-state index in [1.807, 2.05) is 65.2 Å². The second-order valence-electron chi connectivity index (χ2n) is 7.38. The maximum atomic E-state index is 12.8.